The second-order valence-corrected chi connectivity index (χ2v) is 4.67. The van der Waals surface area contributed by atoms with E-state index in [1.165, 1.54) is 18.4 Å². The molecule has 1 saturated carbocycles. The minimum absolute atomic E-state index is 0.619. The largest absolute Gasteiger partial charge is 0.0921 e. The quantitative estimate of drug-likeness (QED) is 0.713. The van der Waals surface area contributed by atoms with Crippen molar-refractivity contribution in [1.82, 2.24) is 0 Å². The summed E-state index contributed by atoms with van der Waals surface area (Å²) < 4.78 is 0. The third-order valence-corrected chi connectivity index (χ3v) is 3.70. The smallest absolute Gasteiger partial charge is 0.0441 e. The molecule has 2 heteroatoms. The van der Waals surface area contributed by atoms with Gasteiger partial charge in [0, 0.05) is 10.4 Å². The Morgan fingerprint density at radius 1 is 1.38 bits per heavy atom. The topological polar surface area (TPSA) is 0 Å². The van der Waals surface area contributed by atoms with Crippen LogP contribution >= 0.6 is 27.5 Å². The summed E-state index contributed by atoms with van der Waals surface area (Å²) in [5.41, 5.74) is 1.31. The molecule has 13 heavy (non-hydrogen) atoms. The van der Waals surface area contributed by atoms with Crippen molar-refractivity contribution in [3.05, 3.63) is 34.9 Å². The van der Waals surface area contributed by atoms with Gasteiger partial charge in [-0.25, -0.2) is 0 Å². The molecule has 0 heterocycles. The van der Waals surface area contributed by atoms with E-state index in [9.17, 15) is 0 Å². The lowest BCUT2D eigenvalue weighted by molar-refractivity contribution is 0.678. The van der Waals surface area contributed by atoms with E-state index in [1.54, 1.807) is 0 Å². The van der Waals surface area contributed by atoms with Crippen molar-refractivity contribution >= 4 is 27.5 Å². The Hall–Kier alpha value is -0.0100. The zero-order chi connectivity index (χ0) is 9.26. The third-order valence-electron chi connectivity index (χ3n) is 2.66. The minimum atomic E-state index is 0.619. The molecule has 0 bridgehead atoms. The van der Waals surface area contributed by atoms with E-state index < -0.39 is 0 Å². The molecule has 0 amide bonds. The van der Waals surface area contributed by atoms with Gasteiger partial charge in [0.1, 0.15) is 0 Å². The summed E-state index contributed by atoms with van der Waals surface area (Å²) in [5, 5.41) is 1.94. The van der Waals surface area contributed by atoms with E-state index in [0.717, 1.165) is 16.3 Å². The highest BCUT2D eigenvalue weighted by Crippen LogP contribution is 2.45. The first-order valence-electron chi connectivity index (χ1n) is 4.63. The van der Waals surface area contributed by atoms with Gasteiger partial charge in [-0.3, -0.25) is 0 Å². The van der Waals surface area contributed by atoms with Crippen LogP contribution in [0.15, 0.2) is 24.3 Å². The van der Waals surface area contributed by atoms with Crippen LogP contribution in [0.3, 0.4) is 0 Å². The molecule has 2 rings (SSSR count). The summed E-state index contributed by atoms with van der Waals surface area (Å²) in [6.07, 6.45) is 2.73. The molecule has 0 N–H and O–H groups in total. The van der Waals surface area contributed by atoms with E-state index >= 15 is 0 Å². The molecular formula is C11H12BrCl. The second-order valence-electron chi connectivity index (χ2n) is 3.62. The van der Waals surface area contributed by atoms with Crippen LogP contribution in [0, 0.1) is 5.92 Å². The molecule has 1 atom stereocenters. The van der Waals surface area contributed by atoms with Crippen LogP contribution < -0.4 is 0 Å². The number of rotatable bonds is 3. The van der Waals surface area contributed by atoms with Crippen LogP contribution in [0.25, 0.3) is 0 Å². The minimum Gasteiger partial charge on any atom is -0.0921 e. The summed E-state index contributed by atoms with van der Waals surface area (Å²) in [7, 11) is 0. The highest BCUT2D eigenvalue weighted by molar-refractivity contribution is 9.09. The monoisotopic (exact) mass is 258 g/mol. The molecule has 0 saturated heterocycles. The highest BCUT2D eigenvalue weighted by atomic mass is 79.9. The van der Waals surface area contributed by atoms with Crippen molar-refractivity contribution in [2.45, 2.75) is 18.8 Å². The van der Waals surface area contributed by atoms with Gasteiger partial charge in [-0.2, -0.15) is 0 Å². The van der Waals surface area contributed by atoms with E-state index in [1.807, 2.05) is 12.1 Å². The Morgan fingerprint density at radius 2 is 2.08 bits per heavy atom. The third kappa shape index (κ3) is 2.08. The van der Waals surface area contributed by atoms with Gasteiger partial charge in [0.25, 0.3) is 0 Å². The second kappa shape index (κ2) is 4.02. The first-order chi connectivity index (χ1) is 6.33. The lowest BCUT2D eigenvalue weighted by Crippen LogP contribution is -2.02. The van der Waals surface area contributed by atoms with Crippen molar-refractivity contribution in [2.75, 3.05) is 5.33 Å². The fourth-order valence-electron chi connectivity index (χ4n) is 1.74. The lowest BCUT2D eigenvalue weighted by Gasteiger charge is -2.14. The fourth-order valence-corrected chi connectivity index (χ4v) is 2.89. The zero-order valence-corrected chi connectivity index (χ0v) is 9.68. The predicted octanol–water partition coefficient (Wildman–Crippen LogP) is 4.23. The van der Waals surface area contributed by atoms with Gasteiger partial charge in [-0.15, -0.1) is 0 Å². The van der Waals surface area contributed by atoms with Gasteiger partial charge in [0.2, 0.25) is 0 Å². The molecule has 1 aromatic rings. The molecular weight excluding hydrogens is 247 g/mol. The Labute approximate surface area is 92.4 Å². The summed E-state index contributed by atoms with van der Waals surface area (Å²) in [4.78, 5) is 0. The molecule has 0 aliphatic heterocycles. The zero-order valence-electron chi connectivity index (χ0n) is 7.34. The number of hydrogen-bond donors (Lipinski definition) is 0. The number of alkyl halides is 1. The van der Waals surface area contributed by atoms with Crippen molar-refractivity contribution in [3.8, 4) is 0 Å². The van der Waals surface area contributed by atoms with Gasteiger partial charge in [0.05, 0.1) is 0 Å². The van der Waals surface area contributed by atoms with Crippen LogP contribution in [0.1, 0.15) is 24.3 Å². The van der Waals surface area contributed by atoms with Crippen LogP contribution in [0.5, 0.6) is 0 Å². The summed E-state index contributed by atoms with van der Waals surface area (Å²) in [6.45, 7) is 0. The van der Waals surface area contributed by atoms with Crippen molar-refractivity contribution in [1.29, 1.82) is 0 Å². The molecule has 1 aliphatic carbocycles. The maximum Gasteiger partial charge on any atom is 0.0441 e. The van der Waals surface area contributed by atoms with Crippen LogP contribution in [0.2, 0.25) is 5.02 Å². The van der Waals surface area contributed by atoms with E-state index in [2.05, 4.69) is 28.1 Å². The van der Waals surface area contributed by atoms with E-state index in [-0.39, 0.29) is 0 Å². The standard InChI is InChI=1S/C11H12BrCl/c12-7-10(8-5-6-8)9-3-1-2-4-11(9)13/h1-4,8,10H,5-7H2. The van der Waals surface area contributed by atoms with Gasteiger partial charge >= 0.3 is 0 Å². The Balaban J connectivity index is 2.26. The average molecular weight is 260 g/mol. The summed E-state index contributed by atoms with van der Waals surface area (Å²) in [5.74, 6) is 1.48. The molecule has 0 spiro atoms. The van der Waals surface area contributed by atoms with Crippen LogP contribution in [-0.4, -0.2) is 5.33 Å². The van der Waals surface area contributed by atoms with Crippen molar-refractivity contribution < 1.29 is 0 Å². The number of benzene rings is 1. The average Bonchev–Trinajstić information content (AvgIpc) is 2.93. The van der Waals surface area contributed by atoms with Crippen molar-refractivity contribution in [2.24, 2.45) is 5.92 Å². The van der Waals surface area contributed by atoms with E-state index in [0.29, 0.717) is 5.92 Å². The van der Waals surface area contributed by atoms with Crippen LogP contribution in [0.4, 0.5) is 0 Å². The molecule has 1 fully saturated rings. The Bertz CT molecular complexity index is 294. The summed E-state index contributed by atoms with van der Waals surface area (Å²) in [6, 6.07) is 8.19. The molecule has 0 aromatic heterocycles. The van der Waals surface area contributed by atoms with Crippen LogP contribution in [-0.2, 0) is 0 Å². The first-order valence-corrected chi connectivity index (χ1v) is 6.13. The Kier molecular flexibility index (Phi) is 2.95. The number of hydrogen-bond acceptors (Lipinski definition) is 0. The van der Waals surface area contributed by atoms with Gasteiger partial charge < -0.3 is 0 Å². The molecule has 1 aromatic carbocycles. The molecule has 1 unspecified atom stereocenters. The maximum absolute atomic E-state index is 6.15. The molecule has 1 aliphatic rings. The van der Waals surface area contributed by atoms with Gasteiger partial charge in [-0.1, -0.05) is 45.7 Å². The van der Waals surface area contributed by atoms with E-state index in [4.69, 9.17) is 11.6 Å². The Morgan fingerprint density at radius 3 is 2.62 bits per heavy atom. The van der Waals surface area contributed by atoms with Crippen molar-refractivity contribution in [3.63, 3.8) is 0 Å². The van der Waals surface area contributed by atoms with Gasteiger partial charge in [-0.05, 0) is 36.3 Å². The molecule has 0 radical (unpaired) electrons. The SMILES string of the molecule is Clc1ccccc1C(CBr)C1CC1. The maximum atomic E-state index is 6.15. The fraction of sp³-hybridized carbons (Fsp3) is 0.455. The predicted molar refractivity (Wildman–Crippen MR) is 60.7 cm³/mol. The number of halogens is 2. The lowest BCUT2D eigenvalue weighted by atomic mass is 9.96. The first kappa shape index (κ1) is 9.54. The highest BCUT2D eigenvalue weighted by Gasteiger charge is 2.32. The molecule has 0 nitrogen and oxygen atoms in total. The normalized spacial score (nSPS) is 18.6. The summed E-state index contributed by atoms with van der Waals surface area (Å²) >= 11 is 9.72. The molecule has 70 valence electrons. The van der Waals surface area contributed by atoms with Gasteiger partial charge in [0.15, 0.2) is 0 Å².